The van der Waals surface area contributed by atoms with Crippen LogP contribution in [0.4, 0.5) is 0 Å². The van der Waals surface area contributed by atoms with Crippen molar-refractivity contribution in [2.75, 3.05) is 32.8 Å². The van der Waals surface area contributed by atoms with Gasteiger partial charge < -0.3 is 9.47 Å². The third-order valence-electron chi connectivity index (χ3n) is 4.49. The summed E-state index contributed by atoms with van der Waals surface area (Å²) >= 11 is 0. The van der Waals surface area contributed by atoms with Gasteiger partial charge in [-0.15, -0.1) is 0 Å². The highest BCUT2D eigenvalue weighted by Gasteiger charge is 2.21. The fourth-order valence-electron chi connectivity index (χ4n) is 3.24. The lowest BCUT2D eigenvalue weighted by Crippen LogP contribution is -2.45. The van der Waals surface area contributed by atoms with Gasteiger partial charge in [0.05, 0.1) is 19.3 Å². The average Bonchev–Trinajstić information content (AvgIpc) is 3.15. The average molecular weight is 338 g/mol. The Hall–Kier alpha value is -2.44. The number of aromatic nitrogens is 3. The summed E-state index contributed by atoms with van der Waals surface area (Å²) in [5.74, 6) is 0.950. The Morgan fingerprint density at radius 1 is 1.16 bits per heavy atom. The lowest BCUT2D eigenvalue weighted by molar-refractivity contribution is -0.0400. The largest absolute Gasteiger partial charge is 0.492 e. The van der Waals surface area contributed by atoms with E-state index in [0.717, 1.165) is 43.9 Å². The van der Waals surface area contributed by atoms with Crippen LogP contribution in [-0.4, -0.2) is 58.6 Å². The minimum Gasteiger partial charge on any atom is -0.492 e. The van der Waals surface area contributed by atoms with Gasteiger partial charge in [-0.3, -0.25) is 9.58 Å². The predicted octanol–water partition coefficient (Wildman–Crippen LogP) is 2.21. The van der Waals surface area contributed by atoms with Crippen LogP contribution in [0.1, 0.15) is 0 Å². The SMILES string of the molecule is c1ccc2c(OCCN3CCO[C@H](Cn4cncn4)C3)cccc2c1. The van der Waals surface area contributed by atoms with Gasteiger partial charge in [0.1, 0.15) is 25.0 Å². The first-order chi connectivity index (χ1) is 12.4. The van der Waals surface area contributed by atoms with Gasteiger partial charge in [0.2, 0.25) is 0 Å². The number of morpholine rings is 1. The van der Waals surface area contributed by atoms with Crippen LogP contribution in [0.2, 0.25) is 0 Å². The molecular weight excluding hydrogens is 316 g/mol. The second-order valence-electron chi connectivity index (χ2n) is 6.24. The molecule has 0 spiro atoms. The molecule has 0 bridgehead atoms. The number of rotatable bonds is 6. The van der Waals surface area contributed by atoms with Crippen LogP contribution in [-0.2, 0) is 11.3 Å². The van der Waals surface area contributed by atoms with Crippen molar-refractivity contribution in [3.05, 3.63) is 55.1 Å². The second-order valence-corrected chi connectivity index (χ2v) is 6.24. The number of fused-ring (bicyclic) bond motifs is 1. The quantitative estimate of drug-likeness (QED) is 0.690. The normalized spacial score (nSPS) is 18.5. The van der Waals surface area contributed by atoms with Crippen LogP contribution >= 0.6 is 0 Å². The molecule has 3 aromatic rings. The van der Waals surface area contributed by atoms with Crippen molar-refractivity contribution in [1.82, 2.24) is 19.7 Å². The van der Waals surface area contributed by atoms with Gasteiger partial charge >= 0.3 is 0 Å². The lowest BCUT2D eigenvalue weighted by Gasteiger charge is -2.32. The standard InChI is InChI=1S/C19H22N4O2/c1-2-6-18-16(4-1)5-3-7-19(18)25-11-9-22-8-10-24-17(12-22)13-23-15-20-14-21-23/h1-7,14-15,17H,8-13H2/t17-/m0/s1. The number of hydrogen-bond donors (Lipinski definition) is 0. The maximum absolute atomic E-state index is 6.05. The lowest BCUT2D eigenvalue weighted by atomic mass is 10.1. The first-order valence-corrected chi connectivity index (χ1v) is 8.65. The van der Waals surface area contributed by atoms with E-state index in [4.69, 9.17) is 9.47 Å². The van der Waals surface area contributed by atoms with Crippen LogP contribution < -0.4 is 4.74 Å². The summed E-state index contributed by atoms with van der Waals surface area (Å²) in [7, 11) is 0. The maximum atomic E-state index is 6.05. The molecule has 6 nitrogen and oxygen atoms in total. The Labute approximate surface area is 147 Å². The summed E-state index contributed by atoms with van der Waals surface area (Å²) in [6, 6.07) is 14.5. The molecule has 6 heteroatoms. The Bertz CT molecular complexity index is 801. The summed E-state index contributed by atoms with van der Waals surface area (Å²) in [5.41, 5.74) is 0. The van der Waals surface area contributed by atoms with Crippen LogP contribution in [0.3, 0.4) is 0 Å². The fraction of sp³-hybridized carbons (Fsp3) is 0.368. The molecule has 2 heterocycles. The molecule has 4 rings (SSSR count). The summed E-state index contributed by atoms with van der Waals surface area (Å²) in [6.45, 7) is 4.87. The highest BCUT2D eigenvalue weighted by atomic mass is 16.5. The van der Waals surface area contributed by atoms with E-state index in [-0.39, 0.29) is 6.10 Å². The first-order valence-electron chi connectivity index (χ1n) is 8.65. The van der Waals surface area contributed by atoms with Gasteiger partial charge in [-0.1, -0.05) is 36.4 Å². The highest BCUT2D eigenvalue weighted by molar-refractivity contribution is 5.88. The summed E-state index contributed by atoms with van der Waals surface area (Å²) in [4.78, 5) is 6.36. The molecule has 1 aliphatic heterocycles. The molecule has 0 radical (unpaired) electrons. The second kappa shape index (κ2) is 7.63. The van der Waals surface area contributed by atoms with Gasteiger partial charge in [0, 0.05) is 25.0 Å². The van der Waals surface area contributed by atoms with E-state index in [2.05, 4.69) is 39.2 Å². The third kappa shape index (κ3) is 3.97. The van der Waals surface area contributed by atoms with Crippen molar-refractivity contribution in [1.29, 1.82) is 0 Å². The minimum atomic E-state index is 0.146. The fourth-order valence-corrected chi connectivity index (χ4v) is 3.24. The van der Waals surface area contributed by atoms with E-state index in [9.17, 15) is 0 Å². The molecule has 0 aliphatic carbocycles. The van der Waals surface area contributed by atoms with Crippen LogP contribution in [0.5, 0.6) is 5.75 Å². The Balaban J connectivity index is 1.30. The van der Waals surface area contributed by atoms with E-state index in [1.807, 2.05) is 22.9 Å². The van der Waals surface area contributed by atoms with E-state index < -0.39 is 0 Å². The molecule has 1 fully saturated rings. The zero-order valence-corrected chi connectivity index (χ0v) is 14.1. The van der Waals surface area contributed by atoms with Gasteiger partial charge in [0.25, 0.3) is 0 Å². The van der Waals surface area contributed by atoms with Crippen molar-refractivity contribution < 1.29 is 9.47 Å². The smallest absolute Gasteiger partial charge is 0.137 e. The maximum Gasteiger partial charge on any atom is 0.137 e. The summed E-state index contributed by atoms with van der Waals surface area (Å²) in [6.07, 6.45) is 3.43. The molecule has 25 heavy (non-hydrogen) atoms. The zero-order valence-electron chi connectivity index (χ0n) is 14.1. The molecule has 1 aromatic heterocycles. The van der Waals surface area contributed by atoms with E-state index in [0.29, 0.717) is 6.61 Å². The zero-order chi connectivity index (χ0) is 16.9. The molecule has 0 saturated carbocycles. The highest BCUT2D eigenvalue weighted by Crippen LogP contribution is 2.25. The van der Waals surface area contributed by atoms with Crippen LogP contribution in [0.15, 0.2) is 55.1 Å². The van der Waals surface area contributed by atoms with Gasteiger partial charge in [0.15, 0.2) is 0 Å². The van der Waals surface area contributed by atoms with E-state index in [1.54, 1.807) is 12.7 Å². The van der Waals surface area contributed by atoms with Crippen LogP contribution in [0.25, 0.3) is 10.8 Å². The van der Waals surface area contributed by atoms with E-state index in [1.165, 1.54) is 5.39 Å². The van der Waals surface area contributed by atoms with Gasteiger partial charge in [-0.05, 0) is 11.5 Å². The topological polar surface area (TPSA) is 52.4 Å². The number of ether oxygens (including phenoxy) is 2. The minimum absolute atomic E-state index is 0.146. The number of nitrogens with zero attached hydrogens (tertiary/aromatic N) is 4. The van der Waals surface area contributed by atoms with Crippen molar-refractivity contribution >= 4 is 10.8 Å². The molecule has 1 aliphatic rings. The van der Waals surface area contributed by atoms with E-state index >= 15 is 0 Å². The molecule has 1 atom stereocenters. The molecule has 1 saturated heterocycles. The molecule has 0 amide bonds. The summed E-state index contributed by atoms with van der Waals surface area (Å²) in [5, 5.41) is 6.52. The summed E-state index contributed by atoms with van der Waals surface area (Å²) < 4.78 is 13.7. The van der Waals surface area contributed by atoms with Crippen molar-refractivity contribution in [3.63, 3.8) is 0 Å². The number of benzene rings is 2. The molecular formula is C19H22N4O2. The molecule has 130 valence electrons. The number of hydrogen-bond acceptors (Lipinski definition) is 5. The van der Waals surface area contributed by atoms with Gasteiger partial charge in [-0.25, -0.2) is 4.98 Å². The van der Waals surface area contributed by atoms with Crippen molar-refractivity contribution in [2.24, 2.45) is 0 Å². The van der Waals surface area contributed by atoms with Gasteiger partial charge in [-0.2, -0.15) is 5.10 Å². The van der Waals surface area contributed by atoms with Crippen LogP contribution in [0, 0.1) is 0 Å². The predicted molar refractivity (Wildman–Crippen MR) is 95.6 cm³/mol. The monoisotopic (exact) mass is 338 g/mol. The molecule has 0 N–H and O–H groups in total. The Kier molecular flexibility index (Phi) is 4.90. The van der Waals surface area contributed by atoms with Crippen molar-refractivity contribution in [2.45, 2.75) is 12.6 Å². The molecule has 0 unspecified atom stereocenters. The Morgan fingerprint density at radius 2 is 2.08 bits per heavy atom. The third-order valence-corrected chi connectivity index (χ3v) is 4.49. The van der Waals surface area contributed by atoms with Crippen molar-refractivity contribution in [3.8, 4) is 5.75 Å². The molecule has 2 aromatic carbocycles. The Morgan fingerprint density at radius 3 is 3.00 bits per heavy atom. The first kappa shape index (κ1) is 16.1.